The third-order valence-electron chi connectivity index (χ3n) is 14.8. The van der Waals surface area contributed by atoms with Gasteiger partial charge in [0.15, 0.2) is 0 Å². The Kier molecular flexibility index (Phi) is 13.3. The fraction of sp³-hybridized carbons (Fsp3) is 0.909. The molecule has 2 nitrogen and oxygen atoms in total. The number of rotatable bonds is 9. The van der Waals surface area contributed by atoms with Crippen LogP contribution >= 0.6 is 0 Å². The number of nitrogens with zero attached hydrogens (tertiary/aromatic N) is 2. The molecule has 6 rings (SSSR count). The number of hydrogen-bond donors (Lipinski definition) is 0. The van der Waals surface area contributed by atoms with Gasteiger partial charge in [-0.25, -0.2) is 0 Å². The van der Waals surface area contributed by atoms with E-state index in [1.807, 2.05) is 0 Å². The lowest BCUT2D eigenvalue weighted by Crippen LogP contribution is -2.52. The minimum atomic E-state index is 0.807. The zero-order valence-corrected chi connectivity index (χ0v) is 31.1. The van der Waals surface area contributed by atoms with E-state index >= 15 is 0 Å². The van der Waals surface area contributed by atoms with Gasteiger partial charge in [0, 0.05) is 36.3 Å². The standard InChI is InChI=1S/C44H76N2/c1-33-9-21-39(22-10-33)45(40-23-11-34(2)12-24-40)43-29-17-37(18-30-43)7-5-6-8-38-19-31-44(32-20-38)46(41-25-13-35(3)14-26-41)42-27-15-36(4)16-28-42/h5-8,33-44H,9-32H2,1-4H3. The first-order valence-corrected chi connectivity index (χ1v) is 21.3. The van der Waals surface area contributed by atoms with Crippen molar-refractivity contribution in [2.45, 2.75) is 218 Å². The second kappa shape index (κ2) is 17.4. The van der Waals surface area contributed by atoms with Crippen molar-refractivity contribution in [2.24, 2.45) is 35.5 Å². The van der Waals surface area contributed by atoms with Crippen molar-refractivity contribution in [1.82, 2.24) is 9.80 Å². The molecule has 0 atom stereocenters. The summed E-state index contributed by atoms with van der Waals surface area (Å²) in [6.07, 6.45) is 45.0. The van der Waals surface area contributed by atoms with Crippen molar-refractivity contribution in [2.75, 3.05) is 0 Å². The third kappa shape index (κ3) is 9.55. The number of allylic oxidation sites excluding steroid dienone is 4. The van der Waals surface area contributed by atoms with E-state index in [4.69, 9.17) is 0 Å². The van der Waals surface area contributed by atoms with Gasteiger partial charge >= 0.3 is 0 Å². The zero-order valence-electron chi connectivity index (χ0n) is 31.1. The summed E-state index contributed by atoms with van der Waals surface area (Å²) >= 11 is 0. The Hall–Kier alpha value is -0.600. The molecule has 0 aliphatic heterocycles. The van der Waals surface area contributed by atoms with E-state index in [2.05, 4.69) is 61.8 Å². The molecule has 0 spiro atoms. The van der Waals surface area contributed by atoms with Gasteiger partial charge < -0.3 is 0 Å². The van der Waals surface area contributed by atoms with Gasteiger partial charge in [0.05, 0.1) is 0 Å². The number of hydrogen-bond acceptors (Lipinski definition) is 2. The summed E-state index contributed by atoms with van der Waals surface area (Å²) in [5.41, 5.74) is 0. The molecule has 0 N–H and O–H groups in total. The first kappa shape index (κ1) is 35.2. The summed E-state index contributed by atoms with van der Waals surface area (Å²) in [5.74, 6) is 5.44. The average Bonchev–Trinajstić information content (AvgIpc) is 3.08. The Morgan fingerprint density at radius 3 is 0.696 bits per heavy atom. The molecule has 46 heavy (non-hydrogen) atoms. The molecule has 6 fully saturated rings. The Labute approximate surface area is 287 Å². The van der Waals surface area contributed by atoms with Crippen molar-refractivity contribution < 1.29 is 0 Å². The van der Waals surface area contributed by atoms with E-state index in [1.54, 1.807) is 0 Å². The first-order valence-electron chi connectivity index (χ1n) is 21.3. The molecule has 0 amide bonds. The van der Waals surface area contributed by atoms with Gasteiger partial charge in [-0.15, -0.1) is 0 Å². The van der Waals surface area contributed by atoms with E-state index in [0.717, 1.165) is 71.8 Å². The molecule has 6 saturated carbocycles. The Morgan fingerprint density at radius 2 is 0.478 bits per heavy atom. The Bertz CT molecular complexity index is 786. The van der Waals surface area contributed by atoms with Crippen LogP contribution in [0.3, 0.4) is 0 Å². The second-order valence-corrected chi connectivity index (χ2v) is 18.5. The van der Waals surface area contributed by atoms with Gasteiger partial charge in [0.2, 0.25) is 0 Å². The van der Waals surface area contributed by atoms with E-state index in [0.29, 0.717) is 0 Å². The maximum absolute atomic E-state index is 3.15. The minimum absolute atomic E-state index is 0.807. The van der Waals surface area contributed by atoms with Crippen LogP contribution in [0.5, 0.6) is 0 Å². The van der Waals surface area contributed by atoms with Crippen LogP contribution in [0, 0.1) is 35.5 Å². The van der Waals surface area contributed by atoms with Crippen LogP contribution in [0.2, 0.25) is 0 Å². The molecule has 6 aliphatic rings. The molecular weight excluding hydrogens is 556 g/mol. The van der Waals surface area contributed by atoms with Gasteiger partial charge in [0.1, 0.15) is 0 Å². The lowest BCUT2D eigenvalue weighted by Gasteiger charge is -2.49. The van der Waals surface area contributed by atoms with E-state index in [-0.39, 0.29) is 0 Å². The topological polar surface area (TPSA) is 6.48 Å². The summed E-state index contributed by atoms with van der Waals surface area (Å²) in [6.45, 7) is 9.96. The van der Waals surface area contributed by atoms with Crippen LogP contribution in [-0.4, -0.2) is 46.1 Å². The predicted octanol–water partition coefficient (Wildman–Crippen LogP) is 12.1. The first-order chi connectivity index (χ1) is 22.4. The van der Waals surface area contributed by atoms with E-state index < -0.39 is 0 Å². The molecule has 262 valence electrons. The van der Waals surface area contributed by atoms with Gasteiger partial charge in [-0.2, -0.15) is 0 Å². The largest absolute Gasteiger partial charge is 0.294 e. The maximum Gasteiger partial charge on any atom is 0.0102 e. The molecule has 0 radical (unpaired) electrons. The molecule has 6 aliphatic carbocycles. The maximum atomic E-state index is 3.15. The van der Waals surface area contributed by atoms with Crippen LogP contribution in [0.15, 0.2) is 24.3 Å². The molecule has 0 aromatic rings. The van der Waals surface area contributed by atoms with Crippen molar-refractivity contribution in [3.05, 3.63) is 24.3 Å². The molecule has 0 heterocycles. The Morgan fingerprint density at radius 1 is 0.283 bits per heavy atom. The Balaban J connectivity index is 0.959. The van der Waals surface area contributed by atoms with E-state index in [9.17, 15) is 0 Å². The second-order valence-electron chi connectivity index (χ2n) is 18.5. The van der Waals surface area contributed by atoms with Gasteiger partial charge in [0.25, 0.3) is 0 Å². The normalized spacial score (nSPS) is 43.5. The molecule has 2 heteroatoms. The zero-order chi connectivity index (χ0) is 31.9. The monoisotopic (exact) mass is 633 g/mol. The van der Waals surface area contributed by atoms with E-state index in [1.165, 1.54) is 154 Å². The van der Waals surface area contributed by atoms with Crippen LogP contribution in [0.4, 0.5) is 0 Å². The summed E-state index contributed by atoms with van der Waals surface area (Å²) in [6, 6.07) is 5.26. The summed E-state index contributed by atoms with van der Waals surface area (Å²) in [7, 11) is 0. The highest BCUT2D eigenvalue weighted by atomic mass is 15.2. The fourth-order valence-electron chi connectivity index (χ4n) is 11.6. The highest BCUT2D eigenvalue weighted by Crippen LogP contribution is 2.41. The molecule has 0 unspecified atom stereocenters. The molecule has 0 saturated heterocycles. The van der Waals surface area contributed by atoms with Crippen molar-refractivity contribution in [1.29, 1.82) is 0 Å². The minimum Gasteiger partial charge on any atom is -0.294 e. The summed E-state index contributed by atoms with van der Waals surface area (Å²) in [5, 5.41) is 0. The molecule has 0 bridgehead atoms. The van der Waals surface area contributed by atoms with Crippen molar-refractivity contribution in [3.63, 3.8) is 0 Å². The fourth-order valence-corrected chi connectivity index (χ4v) is 11.6. The van der Waals surface area contributed by atoms with Crippen LogP contribution in [0.1, 0.15) is 182 Å². The molecular formula is C44H76N2. The molecule has 0 aromatic carbocycles. The third-order valence-corrected chi connectivity index (χ3v) is 14.8. The molecule has 0 aromatic heterocycles. The van der Waals surface area contributed by atoms with Crippen molar-refractivity contribution in [3.8, 4) is 0 Å². The van der Waals surface area contributed by atoms with Gasteiger partial charge in [-0.3, -0.25) is 9.80 Å². The predicted molar refractivity (Wildman–Crippen MR) is 199 cm³/mol. The van der Waals surface area contributed by atoms with Gasteiger partial charge in [-0.1, -0.05) is 52.0 Å². The highest BCUT2D eigenvalue weighted by molar-refractivity contribution is 5.08. The summed E-state index contributed by atoms with van der Waals surface area (Å²) < 4.78 is 0. The highest BCUT2D eigenvalue weighted by Gasteiger charge is 2.38. The summed E-state index contributed by atoms with van der Waals surface area (Å²) in [4.78, 5) is 6.30. The lowest BCUT2D eigenvalue weighted by atomic mass is 9.78. The lowest BCUT2D eigenvalue weighted by molar-refractivity contribution is 0.00809. The van der Waals surface area contributed by atoms with Gasteiger partial charge in [-0.05, 0) is 190 Å². The quantitative estimate of drug-likeness (QED) is 0.233. The van der Waals surface area contributed by atoms with Crippen LogP contribution < -0.4 is 0 Å². The van der Waals surface area contributed by atoms with Crippen molar-refractivity contribution >= 4 is 0 Å². The average molecular weight is 633 g/mol. The SMILES string of the molecule is CC1CCC(N(C2CCC(C)CC2)C2CCC(C=CC=CC3CCC(N(C4CCC(C)CC4)C4CCC(C)CC4)CC3)CC2)CC1. The van der Waals surface area contributed by atoms with Crippen LogP contribution in [-0.2, 0) is 0 Å². The van der Waals surface area contributed by atoms with Crippen LogP contribution in [0.25, 0.3) is 0 Å². The smallest absolute Gasteiger partial charge is 0.0102 e.